The lowest BCUT2D eigenvalue weighted by atomic mass is 10.0. The first kappa shape index (κ1) is 30.6. The molecule has 1 aliphatic heterocycles. The molecule has 0 amide bonds. The van der Waals surface area contributed by atoms with E-state index in [0.29, 0.717) is 6.61 Å². The molecule has 5 nitrogen and oxygen atoms in total. The van der Waals surface area contributed by atoms with Gasteiger partial charge < -0.3 is 9.47 Å². The third-order valence-electron chi connectivity index (χ3n) is 7.42. The van der Waals surface area contributed by atoms with Crippen molar-refractivity contribution in [3.05, 3.63) is 88.5 Å². The Morgan fingerprint density at radius 2 is 1.24 bits per heavy atom. The number of alkyl halides is 3. The molecule has 1 fully saturated rings. The predicted octanol–water partition coefficient (Wildman–Crippen LogP) is 7.03. The molecule has 220 valence electrons. The van der Waals surface area contributed by atoms with E-state index in [1.54, 1.807) is 20.8 Å². The number of halogens is 3. The molecule has 0 aliphatic carbocycles. The van der Waals surface area contributed by atoms with Crippen molar-refractivity contribution in [3.63, 3.8) is 0 Å². The number of carbonyl (C=O) groups excluding carboxylic acids is 1. The van der Waals surface area contributed by atoms with Crippen molar-refractivity contribution in [3.8, 4) is 16.9 Å². The molecule has 0 spiro atoms. The van der Waals surface area contributed by atoms with E-state index in [4.69, 9.17) is 9.47 Å². The summed E-state index contributed by atoms with van der Waals surface area (Å²) in [5, 5.41) is 0. The highest BCUT2D eigenvalue weighted by Gasteiger charge is 2.33. The van der Waals surface area contributed by atoms with Crippen LogP contribution >= 0.6 is 0 Å². The second kappa shape index (κ2) is 12.7. The highest BCUT2D eigenvalue weighted by molar-refractivity contribution is 5.79. The molecular weight excluding hydrogens is 529 g/mol. The molecule has 1 aliphatic rings. The Morgan fingerprint density at radius 3 is 1.71 bits per heavy atom. The Labute approximate surface area is 240 Å². The molecule has 41 heavy (non-hydrogen) atoms. The molecule has 0 unspecified atom stereocenters. The normalized spacial score (nSPS) is 15.1. The van der Waals surface area contributed by atoms with Gasteiger partial charge in [-0.2, -0.15) is 13.2 Å². The molecule has 4 rings (SSSR count). The number of hydrogen-bond donors (Lipinski definition) is 0. The number of hydrogen-bond acceptors (Lipinski definition) is 5. The summed E-state index contributed by atoms with van der Waals surface area (Å²) in [4.78, 5) is 17.2. The molecule has 0 N–H and O–H groups in total. The Bertz CT molecular complexity index is 1300. The summed E-state index contributed by atoms with van der Waals surface area (Å²) in [6, 6.07) is 17.6. The van der Waals surface area contributed by atoms with Crippen LogP contribution in [0.5, 0.6) is 5.75 Å². The fourth-order valence-electron chi connectivity index (χ4n) is 5.17. The van der Waals surface area contributed by atoms with Crippen molar-refractivity contribution in [1.29, 1.82) is 0 Å². The molecule has 1 saturated heterocycles. The van der Waals surface area contributed by atoms with E-state index < -0.39 is 17.3 Å². The minimum absolute atomic E-state index is 0.313. The van der Waals surface area contributed by atoms with Crippen LogP contribution in [0, 0.1) is 13.8 Å². The second-order valence-electron chi connectivity index (χ2n) is 11.2. The van der Waals surface area contributed by atoms with Crippen LogP contribution in [0.15, 0.2) is 60.7 Å². The summed E-state index contributed by atoms with van der Waals surface area (Å²) in [5.41, 5.74) is 4.36. The first-order chi connectivity index (χ1) is 19.4. The number of ether oxygens (including phenoxy) is 2. The number of rotatable bonds is 9. The molecule has 0 bridgehead atoms. The maximum absolute atomic E-state index is 12.8. The van der Waals surface area contributed by atoms with E-state index in [-0.39, 0.29) is 5.97 Å². The van der Waals surface area contributed by atoms with Crippen molar-refractivity contribution in [2.24, 2.45) is 0 Å². The number of benzene rings is 3. The Morgan fingerprint density at radius 1 is 0.780 bits per heavy atom. The van der Waals surface area contributed by atoms with Gasteiger partial charge in [0.05, 0.1) is 12.2 Å². The van der Waals surface area contributed by atoms with Gasteiger partial charge in [0.15, 0.2) is 5.60 Å². The average Bonchev–Trinajstić information content (AvgIpc) is 2.92. The highest BCUT2D eigenvalue weighted by Crippen LogP contribution is 2.32. The Kier molecular flexibility index (Phi) is 9.44. The summed E-state index contributed by atoms with van der Waals surface area (Å²) < 4.78 is 49.8. The standard InChI is InChI=1S/C33H39F3N2O3/c1-6-40-31(39)32(4,5)41-30-23(2)19-26(20-24(30)3)22-38-17-15-37(16-18-38)21-25-7-9-27(10-8-25)28-11-13-29(14-12-28)33(34,35)36/h7-14,19-20H,6,15-18,21-22H2,1-5H3. The van der Waals surface area contributed by atoms with Crippen LogP contribution in [0.1, 0.15) is 48.6 Å². The maximum Gasteiger partial charge on any atom is 0.416 e. The third-order valence-corrected chi connectivity index (χ3v) is 7.42. The molecule has 1 heterocycles. The van der Waals surface area contributed by atoms with E-state index in [1.807, 2.05) is 26.0 Å². The quantitative estimate of drug-likeness (QED) is 0.259. The van der Waals surface area contributed by atoms with Crippen molar-refractivity contribution in [1.82, 2.24) is 9.80 Å². The SMILES string of the molecule is CCOC(=O)C(C)(C)Oc1c(C)cc(CN2CCN(Cc3ccc(-c4ccc(C(F)(F)F)cc4)cc3)CC2)cc1C. The molecular formula is C33H39F3N2O3. The zero-order chi connectivity index (χ0) is 29.8. The molecule has 8 heteroatoms. The van der Waals surface area contributed by atoms with Gasteiger partial charge in [-0.1, -0.05) is 48.5 Å². The molecule has 3 aromatic rings. The van der Waals surface area contributed by atoms with E-state index in [1.165, 1.54) is 23.3 Å². The molecule has 0 aromatic heterocycles. The number of carbonyl (C=O) groups is 1. The van der Waals surface area contributed by atoms with Crippen LogP contribution in [0.3, 0.4) is 0 Å². The zero-order valence-corrected chi connectivity index (χ0v) is 24.5. The first-order valence-corrected chi connectivity index (χ1v) is 14.0. The minimum Gasteiger partial charge on any atom is -0.476 e. The van der Waals surface area contributed by atoms with E-state index in [9.17, 15) is 18.0 Å². The molecule has 3 aromatic carbocycles. The predicted molar refractivity (Wildman–Crippen MR) is 155 cm³/mol. The van der Waals surface area contributed by atoms with Gasteiger partial charge in [0.2, 0.25) is 0 Å². The van der Waals surface area contributed by atoms with E-state index in [2.05, 4.69) is 34.1 Å². The van der Waals surface area contributed by atoms with Crippen LogP contribution in [-0.4, -0.2) is 54.2 Å². The summed E-state index contributed by atoms with van der Waals surface area (Å²) in [7, 11) is 0. The van der Waals surface area contributed by atoms with Crippen molar-refractivity contribution in [2.75, 3.05) is 32.8 Å². The van der Waals surface area contributed by atoms with Gasteiger partial charge in [-0.05, 0) is 80.1 Å². The van der Waals surface area contributed by atoms with Gasteiger partial charge >= 0.3 is 12.1 Å². The first-order valence-electron chi connectivity index (χ1n) is 14.0. The molecule has 0 radical (unpaired) electrons. The van der Waals surface area contributed by atoms with Crippen LogP contribution < -0.4 is 4.74 Å². The monoisotopic (exact) mass is 568 g/mol. The van der Waals surface area contributed by atoms with E-state index in [0.717, 1.165) is 79.4 Å². The molecule has 0 atom stereocenters. The Balaban J connectivity index is 1.29. The summed E-state index contributed by atoms with van der Waals surface area (Å²) in [5.74, 6) is 0.344. The van der Waals surface area contributed by atoms with Crippen LogP contribution in [0.4, 0.5) is 13.2 Å². The van der Waals surface area contributed by atoms with Crippen molar-refractivity contribution < 1.29 is 27.4 Å². The second-order valence-corrected chi connectivity index (χ2v) is 11.2. The fourth-order valence-corrected chi connectivity index (χ4v) is 5.17. The van der Waals surface area contributed by atoms with Crippen LogP contribution in [-0.2, 0) is 28.8 Å². The van der Waals surface area contributed by atoms with Gasteiger partial charge in [-0.25, -0.2) is 4.79 Å². The number of nitrogens with zero attached hydrogens (tertiary/aromatic N) is 2. The summed E-state index contributed by atoms with van der Waals surface area (Å²) in [6.45, 7) is 15.1. The molecule has 0 saturated carbocycles. The van der Waals surface area contributed by atoms with Crippen LogP contribution in [0.25, 0.3) is 11.1 Å². The highest BCUT2D eigenvalue weighted by atomic mass is 19.4. The lowest BCUT2D eigenvalue weighted by molar-refractivity contribution is -0.158. The smallest absolute Gasteiger partial charge is 0.416 e. The van der Waals surface area contributed by atoms with Gasteiger partial charge in [0.1, 0.15) is 5.75 Å². The maximum atomic E-state index is 12.8. The van der Waals surface area contributed by atoms with Gasteiger partial charge in [-0.3, -0.25) is 9.80 Å². The lowest BCUT2D eigenvalue weighted by Gasteiger charge is -2.35. The number of piperazine rings is 1. The largest absolute Gasteiger partial charge is 0.476 e. The number of aryl methyl sites for hydroxylation is 2. The average molecular weight is 569 g/mol. The van der Waals surface area contributed by atoms with Gasteiger partial charge in [-0.15, -0.1) is 0 Å². The Hall–Kier alpha value is -3.36. The lowest BCUT2D eigenvalue weighted by Crippen LogP contribution is -2.45. The van der Waals surface area contributed by atoms with Gasteiger partial charge in [0, 0.05) is 39.3 Å². The summed E-state index contributed by atoms with van der Waals surface area (Å²) in [6.07, 6.45) is -4.33. The number of esters is 1. The topological polar surface area (TPSA) is 42.0 Å². The third kappa shape index (κ3) is 7.89. The van der Waals surface area contributed by atoms with Gasteiger partial charge in [0.25, 0.3) is 0 Å². The fraction of sp³-hybridized carbons (Fsp3) is 0.424. The minimum atomic E-state index is -4.33. The zero-order valence-electron chi connectivity index (χ0n) is 24.5. The van der Waals surface area contributed by atoms with E-state index >= 15 is 0 Å². The van der Waals surface area contributed by atoms with Crippen molar-refractivity contribution in [2.45, 2.75) is 59.5 Å². The summed E-state index contributed by atoms with van der Waals surface area (Å²) >= 11 is 0. The van der Waals surface area contributed by atoms with Crippen molar-refractivity contribution >= 4 is 5.97 Å². The van der Waals surface area contributed by atoms with Crippen LogP contribution in [0.2, 0.25) is 0 Å².